The zero-order valence-corrected chi connectivity index (χ0v) is 22.5. The summed E-state index contributed by atoms with van der Waals surface area (Å²) in [6.07, 6.45) is 1.79. The number of benzene rings is 4. The highest BCUT2D eigenvalue weighted by Crippen LogP contribution is 2.35. The topological polar surface area (TPSA) is 116 Å². The Kier molecular flexibility index (Phi) is 8.26. The number of ether oxygens (including phenoxy) is 1. The van der Waals surface area contributed by atoms with Gasteiger partial charge in [0.05, 0.1) is 28.3 Å². The Balaban J connectivity index is 1.36. The molecule has 41 heavy (non-hydrogen) atoms. The maximum atomic E-state index is 13.5. The van der Waals surface area contributed by atoms with E-state index >= 15 is 0 Å². The van der Waals surface area contributed by atoms with E-state index in [1.54, 1.807) is 35.2 Å². The Bertz CT molecular complexity index is 1650. The molecule has 5 rings (SSSR count). The van der Waals surface area contributed by atoms with Crippen molar-refractivity contribution in [2.75, 3.05) is 0 Å². The Morgan fingerprint density at radius 3 is 2.07 bits per heavy atom. The molecular weight excluding hydrogens is 540 g/mol. The van der Waals surface area contributed by atoms with Crippen molar-refractivity contribution in [2.24, 2.45) is 4.99 Å². The maximum Gasteiger partial charge on any atom is 0.335 e. The molecule has 1 fully saturated rings. The Hall–Kier alpha value is -5.15. The van der Waals surface area contributed by atoms with Gasteiger partial charge in [-0.3, -0.25) is 9.69 Å². The normalized spacial score (nSPS) is 14.9. The highest BCUT2D eigenvalue weighted by Gasteiger charge is 2.33. The van der Waals surface area contributed by atoms with Crippen LogP contribution in [0.3, 0.4) is 0 Å². The first-order chi connectivity index (χ1) is 19.9. The van der Waals surface area contributed by atoms with Crippen LogP contribution in [-0.2, 0) is 17.9 Å². The van der Waals surface area contributed by atoms with E-state index in [-0.39, 0.29) is 30.2 Å². The zero-order chi connectivity index (χ0) is 28.8. The molecule has 4 aromatic rings. The molecule has 0 aliphatic carbocycles. The van der Waals surface area contributed by atoms with E-state index in [0.29, 0.717) is 21.5 Å². The summed E-state index contributed by atoms with van der Waals surface area (Å²) in [5.41, 5.74) is 3.47. The van der Waals surface area contributed by atoms with Crippen molar-refractivity contribution in [3.05, 3.63) is 136 Å². The summed E-state index contributed by atoms with van der Waals surface area (Å²) in [7, 11) is 0. The van der Waals surface area contributed by atoms with Gasteiger partial charge in [0.25, 0.3) is 5.91 Å². The molecular formula is C32H24N2O6S. The van der Waals surface area contributed by atoms with E-state index in [4.69, 9.17) is 14.8 Å². The van der Waals surface area contributed by atoms with Crippen molar-refractivity contribution in [2.45, 2.75) is 13.2 Å². The fourth-order valence-electron chi connectivity index (χ4n) is 4.03. The lowest BCUT2D eigenvalue weighted by Crippen LogP contribution is -2.28. The van der Waals surface area contributed by atoms with Crippen molar-refractivity contribution in [1.82, 2.24) is 4.90 Å². The van der Waals surface area contributed by atoms with Crippen LogP contribution >= 0.6 is 11.8 Å². The molecule has 1 aliphatic heterocycles. The number of carbonyl (C=O) groups excluding carboxylic acids is 1. The number of rotatable bonds is 9. The Labute approximate surface area is 240 Å². The molecule has 0 unspecified atom stereocenters. The van der Waals surface area contributed by atoms with Gasteiger partial charge in [0.2, 0.25) is 0 Å². The van der Waals surface area contributed by atoms with Gasteiger partial charge in [0, 0.05) is 0 Å². The first kappa shape index (κ1) is 27.4. The third-order valence-electron chi connectivity index (χ3n) is 6.17. The van der Waals surface area contributed by atoms with E-state index in [9.17, 15) is 19.5 Å². The number of carbonyl (C=O) groups is 3. The molecule has 1 amide bonds. The average Bonchev–Trinajstić information content (AvgIpc) is 3.26. The molecule has 1 aliphatic rings. The van der Waals surface area contributed by atoms with Crippen LogP contribution in [0.1, 0.15) is 37.4 Å². The number of nitrogens with zero attached hydrogens (tertiary/aromatic N) is 2. The molecule has 204 valence electrons. The molecule has 0 aromatic heterocycles. The van der Waals surface area contributed by atoms with Crippen molar-refractivity contribution in [3.63, 3.8) is 0 Å². The minimum absolute atomic E-state index is 0.175. The van der Waals surface area contributed by atoms with Crippen LogP contribution in [0, 0.1) is 0 Å². The standard InChI is InChI=1S/C32H24N2O6S/c35-29-28(18-23-5-4-8-27(17-23)40-20-22-11-15-25(16-12-22)31(38)39)41-32(33-26-6-2-1-3-7-26)34(29)19-21-9-13-24(14-10-21)30(36)37/h1-18H,19-20H2,(H,36,37)(H,38,39)/b28-18-,33-32?. The first-order valence-corrected chi connectivity index (χ1v) is 13.4. The number of hydrogen-bond donors (Lipinski definition) is 2. The van der Waals surface area contributed by atoms with E-state index < -0.39 is 11.9 Å². The van der Waals surface area contributed by atoms with Crippen molar-refractivity contribution in [3.8, 4) is 5.75 Å². The predicted octanol–water partition coefficient (Wildman–Crippen LogP) is 6.47. The SMILES string of the molecule is O=C(O)c1ccc(COc2cccc(/C=C3\SC(=Nc4ccccc4)N(Cc4ccc(C(=O)O)cc4)C3=O)c2)cc1. The quantitative estimate of drug-likeness (QED) is 0.224. The minimum atomic E-state index is -1.01. The van der Waals surface area contributed by atoms with Gasteiger partial charge in [0.1, 0.15) is 12.4 Å². The lowest BCUT2D eigenvalue weighted by molar-refractivity contribution is -0.122. The van der Waals surface area contributed by atoms with Gasteiger partial charge in [-0.05, 0) is 83.1 Å². The molecule has 0 saturated carbocycles. The molecule has 1 saturated heterocycles. The van der Waals surface area contributed by atoms with E-state index in [1.807, 2.05) is 54.6 Å². The van der Waals surface area contributed by atoms with Crippen LogP contribution < -0.4 is 4.74 Å². The second-order valence-corrected chi connectivity index (χ2v) is 10.1. The molecule has 0 radical (unpaired) electrons. The number of aromatic carboxylic acids is 2. The van der Waals surface area contributed by atoms with Crippen LogP contribution in [-0.4, -0.2) is 38.1 Å². The van der Waals surface area contributed by atoms with Gasteiger partial charge in [-0.15, -0.1) is 0 Å². The summed E-state index contributed by atoms with van der Waals surface area (Å²) in [4.78, 5) is 42.6. The van der Waals surface area contributed by atoms with E-state index in [0.717, 1.165) is 16.7 Å². The number of amidine groups is 1. The molecule has 4 aromatic carbocycles. The van der Waals surface area contributed by atoms with Crippen molar-refractivity contribution in [1.29, 1.82) is 0 Å². The molecule has 9 heteroatoms. The fourth-order valence-corrected chi connectivity index (χ4v) is 5.03. The zero-order valence-electron chi connectivity index (χ0n) is 21.6. The monoisotopic (exact) mass is 564 g/mol. The number of hydrogen-bond acceptors (Lipinski definition) is 6. The molecule has 0 spiro atoms. The lowest BCUT2D eigenvalue weighted by atomic mass is 10.1. The lowest BCUT2D eigenvalue weighted by Gasteiger charge is -2.16. The van der Waals surface area contributed by atoms with Crippen LogP contribution in [0.5, 0.6) is 5.75 Å². The van der Waals surface area contributed by atoms with Crippen LogP contribution in [0.25, 0.3) is 6.08 Å². The van der Waals surface area contributed by atoms with E-state index in [2.05, 4.69) is 0 Å². The number of carboxylic acid groups (broad SMARTS) is 2. The van der Waals surface area contributed by atoms with Crippen molar-refractivity contribution >= 4 is 46.5 Å². The third kappa shape index (κ3) is 6.90. The predicted molar refractivity (Wildman–Crippen MR) is 157 cm³/mol. The smallest absolute Gasteiger partial charge is 0.335 e. The number of para-hydroxylation sites is 1. The van der Waals surface area contributed by atoms with Gasteiger partial charge in [-0.1, -0.05) is 54.6 Å². The summed E-state index contributed by atoms with van der Waals surface area (Å²) in [6, 6.07) is 29.6. The second-order valence-electron chi connectivity index (χ2n) is 9.10. The summed E-state index contributed by atoms with van der Waals surface area (Å²) < 4.78 is 5.91. The number of amides is 1. The summed E-state index contributed by atoms with van der Waals surface area (Å²) in [5.74, 6) is -1.60. The summed E-state index contributed by atoms with van der Waals surface area (Å²) in [6.45, 7) is 0.495. The average molecular weight is 565 g/mol. The summed E-state index contributed by atoms with van der Waals surface area (Å²) in [5, 5.41) is 18.8. The molecule has 1 heterocycles. The third-order valence-corrected chi connectivity index (χ3v) is 7.18. The number of aliphatic imine (C=N–C) groups is 1. The van der Waals surface area contributed by atoms with Crippen LogP contribution in [0.15, 0.2) is 113 Å². The largest absolute Gasteiger partial charge is 0.489 e. The fraction of sp³-hybridized carbons (Fsp3) is 0.0625. The highest BCUT2D eigenvalue weighted by atomic mass is 32.2. The maximum absolute atomic E-state index is 13.5. The second kappa shape index (κ2) is 12.4. The van der Waals surface area contributed by atoms with Gasteiger partial charge >= 0.3 is 11.9 Å². The Morgan fingerprint density at radius 2 is 1.44 bits per heavy atom. The molecule has 2 N–H and O–H groups in total. The van der Waals surface area contributed by atoms with Crippen molar-refractivity contribution < 1.29 is 29.3 Å². The molecule has 0 atom stereocenters. The summed E-state index contributed by atoms with van der Waals surface area (Å²) >= 11 is 1.27. The van der Waals surface area contributed by atoms with Crippen LogP contribution in [0.4, 0.5) is 5.69 Å². The van der Waals surface area contributed by atoms with Gasteiger partial charge < -0.3 is 14.9 Å². The number of carboxylic acids is 2. The first-order valence-electron chi connectivity index (χ1n) is 12.6. The number of thioether (sulfide) groups is 1. The Morgan fingerprint density at radius 1 is 0.805 bits per heavy atom. The van der Waals surface area contributed by atoms with Gasteiger partial charge in [0.15, 0.2) is 5.17 Å². The van der Waals surface area contributed by atoms with Gasteiger partial charge in [-0.25, -0.2) is 14.6 Å². The molecule has 8 nitrogen and oxygen atoms in total. The van der Waals surface area contributed by atoms with Crippen LogP contribution in [0.2, 0.25) is 0 Å². The van der Waals surface area contributed by atoms with Gasteiger partial charge in [-0.2, -0.15) is 0 Å². The van der Waals surface area contributed by atoms with E-state index in [1.165, 1.54) is 36.0 Å². The highest BCUT2D eigenvalue weighted by molar-refractivity contribution is 8.18. The molecule has 0 bridgehead atoms. The minimum Gasteiger partial charge on any atom is -0.489 e.